The molecule has 0 saturated carbocycles. The van der Waals surface area contributed by atoms with Gasteiger partial charge in [-0.15, -0.1) is 0 Å². The number of fused-ring (bicyclic) bond motifs is 1. The van der Waals surface area contributed by atoms with Crippen molar-refractivity contribution in [3.63, 3.8) is 0 Å². The van der Waals surface area contributed by atoms with Crippen molar-refractivity contribution in [3.8, 4) is 6.07 Å². The topological polar surface area (TPSA) is 104 Å². The third-order valence-electron chi connectivity index (χ3n) is 5.84. The molecule has 3 heterocycles. The largest absolute Gasteiger partial charge is 0.466 e. The number of esters is 1. The van der Waals surface area contributed by atoms with Crippen LogP contribution in [0.1, 0.15) is 23.6 Å². The van der Waals surface area contributed by atoms with Gasteiger partial charge in [0.1, 0.15) is 6.07 Å². The Morgan fingerprint density at radius 1 is 1.26 bits per heavy atom. The summed E-state index contributed by atoms with van der Waals surface area (Å²) in [5.41, 5.74) is 2.68. The third-order valence-corrected chi connectivity index (χ3v) is 9.27. The Bertz CT molecular complexity index is 1410. The number of carbonyl (C=O) groups is 1. The van der Waals surface area contributed by atoms with Crippen LogP contribution in [0.5, 0.6) is 0 Å². The van der Waals surface area contributed by atoms with E-state index < -0.39 is 10.0 Å². The Balaban J connectivity index is 1.70. The van der Waals surface area contributed by atoms with Gasteiger partial charge < -0.3 is 14.5 Å². The van der Waals surface area contributed by atoms with Crippen molar-refractivity contribution in [2.24, 2.45) is 0 Å². The first kappa shape index (κ1) is 25.5. The lowest BCUT2D eigenvalue weighted by Crippen LogP contribution is -2.46. The lowest BCUT2D eigenvalue weighted by Gasteiger charge is -2.26. The number of nitrogens with zero attached hydrogens (tertiary/aromatic N) is 3. The highest BCUT2D eigenvalue weighted by atomic mass is 35.5. The van der Waals surface area contributed by atoms with Gasteiger partial charge >= 0.3 is 5.97 Å². The van der Waals surface area contributed by atoms with Crippen molar-refractivity contribution in [2.75, 3.05) is 32.8 Å². The fraction of sp³-hybridized carbons (Fsp3) is 0.333. The molecule has 1 N–H and O–H groups in total. The molecule has 0 spiro atoms. The van der Waals surface area contributed by atoms with Crippen LogP contribution >= 0.6 is 23.4 Å². The average molecular weight is 533 g/mol. The molecule has 3 aromatic rings. The minimum Gasteiger partial charge on any atom is -0.466 e. The zero-order chi connectivity index (χ0) is 25.2. The van der Waals surface area contributed by atoms with E-state index in [2.05, 4.69) is 11.4 Å². The van der Waals surface area contributed by atoms with Crippen LogP contribution < -0.4 is 5.32 Å². The normalized spacial score (nSPS) is 14.7. The van der Waals surface area contributed by atoms with Gasteiger partial charge in [0.05, 0.1) is 39.1 Å². The van der Waals surface area contributed by atoms with Crippen LogP contribution in [0, 0.1) is 18.3 Å². The van der Waals surface area contributed by atoms with E-state index in [1.165, 1.54) is 16.1 Å². The number of pyridine rings is 1. The highest BCUT2D eigenvalue weighted by Gasteiger charge is 2.26. The number of carbonyl (C=O) groups excluding carboxylic acids is 1. The highest BCUT2D eigenvalue weighted by Crippen LogP contribution is 2.37. The number of hydrogen-bond acceptors (Lipinski definition) is 7. The number of benzene rings is 1. The number of nitriles is 1. The van der Waals surface area contributed by atoms with Crippen molar-refractivity contribution in [1.29, 1.82) is 5.26 Å². The second-order valence-corrected chi connectivity index (χ2v) is 11.4. The summed E-state index contributed by atoms with van der Waals surface area (Å²) in [6, 6.07) is 10.5. The van der Waals surface area contributed by atoms with Crippen LogP contribution in [0.4, 0.5) is 0 Å². The predicted octanol–water partition coefficient (Wildman–Crippen LogP) is 3.62. The van der Waals surface area contributed by atoms with E-state index in [1.807, 2.05) is 11.3 Å². The van der Waals surface area contributed by atoms with Crippen LogP contribution in [0.15, 0.2) is 51.3 Å². The number of halogens is 1. The Labute approximate surface area is 213 Å². The number of piperazine rings is 1. The monoisotopic (exact) mass is 532 g/mol. The molecule has 2 aromatic heterocycles. The van der Waals surface area contributed by atoms with Gasteiger partial charge in [-0.05, 0) is 55.3 Å². The molecule has 0 bridgehead atoms. The van der Waals surface area contributed by atoms with Crippen LogP contribution in [0.2, 0.25) is 5.02 Å². The first-order valence-corrected chi connectivity index (χ1v) is 13.8. The molecule has 1 saturated heterocycles. The number of sulfonamides is 1. The third kappa shape index (κ3) is 5.20. The minimum absolute atomic E-state index is 0.0772. The number of nitrogens with one attached hydrogen (secondary N) is 1. The maximum absolute atomic E-state index is 12.9. The van der Waals surface area contributed by atoms with E-state index in [0.29, 0.717) is 36.8 Å². The Morgan fingerprint density at radius 2 is 1.94 bits per heavy atom. The zero-order valence-corrected chi connectivity index (χ0v) is 21.8. The standard InChI is InChI=1S/C24H25ClN4O4S2/c1-3-33-23(30)12-20-16(2)24(29-15-17(14-26)21(25)13-22(20)29)34-18-4-6-19(7-5-18)35(31,32)28-10-8-27-9-11-28/h4-7,13,15,27H,3,8-12H2,1-2H3. The van der Waals surface area contributed by atoms with Crippen molar-refractivity contribution >= 4 is 44.9 Å². The van der Waals surface area contributed by atoms with E-state index in [-0.39, 0.29) is 23.9 Å². The molecule has 1 aromatic carbocycles. The maximum Gasteiger partial charge on any atom is 0.310 e. The molecule has 0 unspecified atom stereocenters. The molecule has 35 heavy (non-hydrogen) atoms. The molecule has 0 atom stereocenters. The lowest BCUT2D eigenvalue weighted by molar-refractivity contribution is -0.142. The van der Waals surface area contributed by atoms with Crippen LogP contribution in [0.3, 0.4) is 0 Å². The molecular formula is C24H25ClN4O4S2. The number of hydrogen-bond donors (Lipinski definition) is 1. The predicted molar refractivity (Wildman–Crippen MR) is 134 cm³/mol. The summed E-state index contributed by atoms with van der Waals surface area (Å²) in [6.07, 6.45) is 1.73. The fourth-order valence-electron chi connectivity index (χ4n) is 4.04. The first-order chi connectivity index (χ1) is 16.8. The minimum atomic E-state index is -3.55. The number of aromatic nitrogens is 1. The Morgan fingerprint density at radius 3 is 2.57 bits per heavy atom. The molecule has 1 aliphatic rings. The summed E-state index contributed by atoms with van der Waals surface area (Å²) in [5, 5.41) is 13.7. The molecule has 8 nitrogen and oxygen atoms in total. The quantitative estimate of drug-likeness (QED) is 0.463. The van der Waals surface area contributed by atoms with Crippen LogP contribution in [-0.4, -0.2) is 55.9 Å². The molecule has 184 valence electrons. The van der Waals surface area contributed by atoms with Crippen molar-refractivity contribution in [3.05, 3.63) is 58.2 Å². The van der Waals surface area contributed by atoms with Gasteiger partial charge in [-0.3, -0.25) is 4.79 Å². The number of ether oxygens (including phenoxy) is 1. The van der Waals surface area contributed by atoms with Gasteiger partial charge in [0.25, 0.3) is 0 Å². The summed E-state index contributed by atoms with van der Waals surface area (Å²) in [4.78, 5) is 13.3. The van der Waals surface area contributed by atoms with E-state index in [1.54, 1.807) is 43.5 Å². The second-order valence-electron chi connectivity index (χ2n) is 8.02. The van der Waals surface area contributed by atoms with Crippen molar-refractivity contribution in [1.82, 2.24) is 14.0 Å². The molecule has 0 radical (unpaired) electrons. The molecule has 4 rings (SSSR count). The molecule has 0 aliphatic carbocycles. The summed E-state index contributed by atoms with van der Waals surface area (Å²) >= 11 is 7.72. The van der Waals surface area contributed by atoms with Gasteiger partial charge in [-0.25, -0.2) is 8.42 Å². The second kappa shape index (κ2) is 10.6. The van der Waals surface area contributed by atoms with E-state index >= 15 is 0 Å². The molecular weight excluding hydrogens is 508 g/mol. The smallest absolute Gasteiger partial charge is 0.310 e. The van der Waals surface area contributed by atoms with E-state index in [4.69, 9.17) is 16.3 Å². The SMILES string of the molecule is CCOC(=O)Cc1c(C)c(Sc2ccc(S(=O)(=O)N3CCNCC3)cc2)n2cc(C#N)c(Cl)cc12. The van der Waals surface area contributed by atoms with Gasteiger partial charge in [-0.2, -0.15) is 9.57 Å². The molecule has 0 amide bonds. The summed E-state index contributed by atoms with van der Waals surface area (Å²) in [7, 11) is -3.55. The highest BCUT2D eigenvalue weighted by molar-refractivity contribution is 7.99. The van der Waals surface area contributed by atoms with Crippen LogP contribution in [-0.2, 0) is 26.0 Å². The van der Waals surface area contributed by atoms with Gasteiger partial charge in [-0.1, -0.05) is 23.4 Å². The van der Waals surface area contributed by atoms with E-state index in [0.717, 1.165) is 26.6 Å². The van der Waals surface area contributed by atoms with Gasteiger partial charge in [0.15, 0.2) is 0 Å². The summed E-state index contributed by atoms with van der Waals surface area (Å²) < 4.78 is 34.4. The lowest BCUT2D eigenvalue weighted by atomic mass is 10.1. The number of rotatable bonds is 7. The Kier molecular flexibility index (Phi) is 7.73. The van der Waals surface area contributed by atoms with E-state index in [9.17, 15) is 18.5 Å². The first-order valence-electron chi connectivity index (χ1n) is 11.1. The fourth-order valence-corrected chi connectivity index (χ4v) is 6.70. The summed E-state index contributed by atoms with van der Waals surface area (Å²) in [5.74, 6) is -0.345. The summed E-state index contributed by atoms with van der Waals surface area (Å²) in [6.45, 7) is 6.11. The van der Waals surface area contributed by atoms with Gasteiger partial charge in [0, 0.05) is 37.3 Å². The maximum atomic E-state index is 12.9. The average Bonchev–Trinajstić information content (AvgIpc) is 3.09. The molecule has 1 aliphatic heterocycles. The Hall–Kier alpha value is -2.55. The van der Waals surface area contributed by atoms with Gasteiger partial charge in [0.2, 0.25) is 10.0 Å². The van der Waals surface area contributed by atoms with Crippen LogP contribution in [0.25, 0.3) is 5.52 Å². The van der Waals surface area contributed by atoms with Crippen molar-refractivity contribution in [2.45, 2.75) is 35.1 Å². The van der Waals surface area contributed by atoms with Crippen molar-refractivity contribution < 1.29 is 17.9 Å². The zero-order valence-electron chi connectivity index (χ0n) is 19.4. The molecule has 11 heteroatoms. The molecule has 1 fully saturated rings.